The Kier molecular flexibility index (Phi) is 10.4. The molecule has 204 valence electrons. The zero-order valence-corrected chi connectivity index (χ0v) is 21.5. The third kappa shape index (κ3) is 8.12. The van der Waals surface area contributed by atoms with Crippen molar-refractivity contribution in [2.24, 2.45) is 0 Å². The Hall–Kier alpha value is -3.76. The van der Waals surface area contributed by atoms with Gasteiger partial charge in [-0.05, 0) is 55.2 Å². The van der Waals surface area contributed by atoms with E-state index in [1.807, 2.05) is 48.7 Å². The molecule has 1 aromatic heterocycles. The maximum atomic E-state index is 13.6. The van der Waals surface area contributed by atoms with Crippen LogP contribution in [0.15, 0.2) is 54.6 Å². The van der Waals surface area contributed by atoms with Crippen molar-refractivity contribution in [2.45, 2.75) is 57.8 Å². The fourth-order valence-corrected chi connectivity index (χ4v) is 4.19. The standard InChI is InChI=1S/C28H34FN3O6/c1-18(2)26-25(28(37)30-13-15-38-23-6-4-3-5-7-23)31-27(19-8-10-20(29)11-9-19)32(26)14-12-21(33)16-22(34)17-24(35)36/h3-11,18,21-22,33-34H,12-17H2,1-2H3,(H,30,37)(H,35,36). The maximum Gasteiger partial charge on any atom is 0.305 e. The third-order valence-corrected chi connectivity index (χ3v) is 5.91. The van der Waals surface area contributed by atoms with Gasteiger partial charge in [0.25, 0.3) is 5.91 Å². The molecule has 0 saturated carbocycles. The van der Waals surface area contributed by atoms with Crippen molar-refractivity contribution in [3.8, 4) is 17.1 Å². The van der Waals surface area contributed by atoms with Gasteiger partial charge in [0.2, 0.25) is 0 Å². The van der Waals surface area contributed by atoms with Crippen LogP contribution >= 0.6 is 0 Å². The average Bonchev–Trinajstić information content (AvgIpc) is 3.26. The Morgan fingerprint density at radius 3 is 2.37 bits per heavy atom. The van der Waals surface area contributed by atoms with E-state index < -0.39 is 30.4 Å². The minimum absolute atomic E-state index is 0.0986. The van der Waals surface area contributed by atoms with Gasteiger partial charge in [-0.15, -0.1) is 0 Å². The highest BCUT2D eigenvalue weighted by atomic mass is 19.1. The van der Waals surface area contributed by atoms with E-state index in [4.69, 9.17) is 9.84 Å². The fraction of sp³-hybridized carbons (Fsp3) is 0.393. The number of para-hydroxylation sites is 1. The van der Waals surface area contributed by atoms with Crippen LogP contribution in [0.5, 0.6) is 5.75 Å². The number of aliphatic hydroxyl groups is 2. The van der Waals surface area contributed by atoms with E-state index in [0.717, 1.165) is 0 Å². The van der Waals surface area contributed by atoms with Crippen LogP contribution in [0.1, 0.15) is 55.2 Å². The first-order chi connectivity index (χ1) is 18.2. The molecule has 0 radical (unpaired) electrons. The van der Waals surface area contributed by atoms with Gasteiger partial charge < -0.3 is 29.9 Å². The van der Waals surface area contributed by atoms with Gasteiger partial charge in [0.1, 0.15) is 29.7 Å². The first-order valence-electron chi connectivity index (χ1n) is 12.6. The monoisotopic (exact) mass is 527 g/mol. The molecule has 2 aromatic carbocycles. The lowest BCUT2D eigenvalue weighted by Crippen LogP contribution is -2.29. The molecule has 0 bridgehead atoms. The summed E-state index contributed by atoms with van der Waals surface area (Å²) in [6.07, 6.45) is -2.52. The number of nitrogens with zero attached hydrogens (tertiary/aromatic N) is 2. The Morgan fingerprint density at radius 2 is 1.74 bits per heavy atom. The Morgan fingerprint density at radius 1 is 1.05 bits per heavy atom. The summed E-state index contributed by atoms with van der Waals surface area (Å²) in [7, 11) is 0. The second-order valence-electron chi connectivity index (χ2n) is 9.33. The predicted octanol–water partition coefficient (Wildman–Crippen LogP) is 3.60. The second-order valence-corrected chi connectivity index (χ2v) is 9.33. The number of rotatable bonds is 14. The molecule has 4 N–H and O–H groups in total. The molecule has 2 unspecified atom stereocenters. The Balaban J connectivity index is 1.81. The zero-order valence-electron chi connectivity index (χ0n) is 21.5. The molecule has 1 heterocycles. The van der Waals surface area contributed by atoms with Crippen molar-refractivity contribution in [3.63, 3.8) is 0 Å². The van der Waals surface area contributed by atoms with Crippen LogP contribution in [-0.4, -0.2) is 62.1 Å². The van der Waals surface area contributed by atoms with Gasteiger partial charge in [-0.25, -0.2) is 9.37 Å². The molecule has 9 nitrogen and oxygen atoms in total. The van der Waals surface area contributed by atoms with Crippen LogP contribution in [0.3, 0.4) is 0 Å². The van der Waals surface area contributed by atoms with E-state index >= 15 is 0 Å². The van der Waals surface area contributed by atoms with E-state index in [1.165, 1.54) is 12.1 Å². The molecule has 0 aliphatic heterocycles. The molecule has 0 aliphatic rings. The molecule has 0 saturated heterocycles. The quantitative estimate of drug-likeness (QED) is 0.235. The van der Waals surface area contributed by atoms with Gasteiger partial charge in [0.05, 0.1) is 30.9 Å². The number of amides is 1. The minimum atomic E-state index is -1.18. The number of carbonyl (C=O) groups excluding carboxylic acids is 1. The number of aliphatic carboxylic acids is 1. The van der Waals surface area contributed by atoms with Crippen molar-refractivity contribution in [2.75, 3.05) is 13.2 Å². The van der Waals surface area contributed by atoms with Gasteiger partial charge in [0.15, 0.2) is 0 Å². The Bertz CT molecular complexity index is 1200. The van der Waals surface area contributed by atoms with E-state index in [-0.39, 0.29) is 50.1 Å². The summed E-state index contributed by atoms with van der Waals surface area (Å²) in [5.74, 6) is -0.921. The molecule has 0 spiro atoms. The topological polar surface area (TPSA) is 134 Å². The number of halogens is 1. The van der Waals surface area contributed by atoms with E-state index in [0.29, 0.717) is 22.8 Å². The van der Waals surface area contributed by atoms with Gasteiger partial charge in [-0.2, -0.15) is 0 Å². The number of imidazole rings is 1. The van der Waals surface area contributed by atoms with Crippen LogP contribution in [0.4, 0.5) is 4.39 Å². The highest BCUT2D eigenvalue weighted by Gasteiger charge is 2.26. The normalized spacial score (nSPS) is 12.8. The number of hydrogen-bond donors (Lipinski definition) is 4. The molecular formula is C28H34FN3O6. The number of benzene rings is 2. The van der Waals surface area contributed by atoms with E-state index in [2.05, 4.69) is 10.3 Å². The Labute approximate surface area is 220 Å². The number of carbonyl (C=O) groups is 2. The molecular weight excluding hydrogens is 493 g/mol. The predicted molar refractivity (Wildman–Crippen MR) is 139 cm³/mol. The lowest BCUT2D eigenvalue weighted by molar-refractivity contribution is -0.139. The van der Waals surface area contributed by atoms with Crippen molar-refractivity contribution >= 4 is 11.9 Å². The summed E-state index contributed by atoms with van der Waals surface area (Å²) in [4.78, 5) is 28.6. The summed E-state index contributed by atoms with van der Waals surface area (Å²) < 4.78 is 21.1. The van der Waals surface area contributed by atoms with Crippen LogP contribution < -0.4 is 10.1 Å². The summed E-state index contributed by atoms with van der Waals surface area (Å²) in [5, 5.41) is 32.0. The first-order valence-corrected chi connectivity index (χ1v) is 12.6. The van der Waals surface area contributed by atoms with Crippen molar-refractivity contribution < 1.29 is 34.0 Å². The summed E-state index contributed by atoms with van der Waals surface area (Å²) in [5.41, 5.74) is 1.46. The van der Waals surface area contributed by atoms with Crippen molar-refractivity contribution in [1.82, 2.24) is 14.9 Å². The molecule has 3 rings (SSSR count). The van der Waals surface area contributed by atoms with Crippen LogP contribution in [0.2, 0.25) is 0 Å². The number of nitrogens with one attached hydrogen (secondary N) is 1. The third-order valence-electron chi connectivity index (χ3n) is 5.91. The van der Waals surface area contributed by atoms with Crippen molar-refractivity contribution in [3.05, 3.63) is 71.8 Å². The second kappa shape index (κ2) is 13.7. The lowest BCUT2D eigenvalue weighted by Gasteiger charge is -2.19. The number of carboxylic acids is 1. The number of ether oxygens (including phenoxy) is 1. The average molecular weight is 528 g/mol. The molecule has 0 fully saturated rings. The largest absolute Gasteiger partial charge is 0.492 e. The smallest absolute Gasteiger partial charge is 0.305 e. The fourth-order valence-electron chi connectivity index (χ4n) is 4.19. The highest BCUT2D eigenvalue weighted by Crippen LogP contribution is 2.29. The van der Waals surface area contributed by atoms with Crippen molar-refractivity contribution in [1.29, 1.82) is 0 Å². The molecule has 10 heteroatoms. The lowest BCUT2D eigenvalue weighted by atomic mass is 10.0. The summed E-state index contributed by atoms with van der Waals surface area (Å²) in [6, 6.07) is 15.0. The summed E-state index contributed by atoms with van der Waals surface area (Å²) >= 11 is 0. The summed E-state index contributed by atoms with van der Waals surface area (Å²) in [6.45, 7) is 4.61. The molecule has 1 amide bonds. The van der Waals surface area contributed by atoms with Gasteiger partial charge in [0, 0.05) is 12.1 Å². The SMILES string of the molecule is CC(C)c1c(C(=O)NCCOc2ccccc2)nc(-c2ccc(F)cc2)n1CCC(O)CC(O)CC(=O)O. The number of carboxylic acid groups (broad SMARTS) is 1. The molecule has 3 aromatic rings. The minimum Gasteiger partial charge on any atom is -0.492 e. The van der Waals surface area contributed by atoms with Crippen LogP contribution in [-0.2, 0) is 11.3 Å². The molecule has 2 atom stereocenters. The van der Waals surface area contributed by atoms with E-state index in [9.17, 15) is 24.2 Å². The zero-order chi connectivity index (χ0) is 27.7. The number of aliphatic hydroxyl groups excluding tert-OH is 2. The van der Waals surface area contributed by atoms with Gasteiger partial charge in [-0.1, -0.05) is 32.0 Å². The number of hydrogen-bond acceptors (Lipinski definition) is 6. The van der Waals surface area contributed by atoms with Gasteiger partial charge in [-0.3, -0.25) is 9.59 Å². The maximum absolute atomic E-state index is 13.6. The molecule has 38 heavy (non-hydrogen) atoms. The highest BCUT2D eigenvalue weighted by molar-refractivity contribution is 5.94. The van der Waals surface area contributed by atoms with Crippen LogP contribution in [0, 0.1) is 5.82 Å². The van der Waals surface area contributed by atoms with Gasteiger partial charge >= 0.3 is 5.97 Å². The van der Waals surface area contributed by atoms with E-state index in [1.54, 1.807) is 12.1 Å². The first kappa shape index (κ1) is 28.8. The number of aromatic nitrogens is 2. The van der Waals surface area contributed by atoms with Crippen LogP contribution in [0.25, 0.3) is 11.4 Å². The molecule has 0 aliphatic carbocycles.